The van der Waals surface area contributed by atoms with Gasteiger partial charge in [-0.3, -0.25) is 4.79 Å². The molecule has 292 valence electrons. The van der Waals surface area contributed by atoms with Gasteiger partial charge >= 0.3 is 264 Å². The van der Waals surface area contributed by atoms with Gasteiger partial charge in [-0.1, -0.05) is 13.8 Å². The van der Waals surface area contributed by atoms with Gasteiger partial charge < -0.3 is 5.32 Å². The molecule has 13 nitrogen and oxygen atoms in total. The molecular weight excluding hydrogens is 755 g/mol. The number of ether oxygens (including phenoxy) is 3. The van der Waals surface area contributed by atoms with Crippen LogP contribution in [0.1, 0.15) is 74.1 Å². The number of nitrogens with two attached hydrogens (primary N) is 1. The molecule has 3 heterocycles. The van der Waals surface area contributed by atoms with Crippen molar-refractivity contribution in [3.8, 4) is 0 Å². The number of esters is 1. The molecular formula is C36H68IN6O7-. The fourth-order valence-corrected chi connectivity index (χ4v) is 11.2. The predicted molar refractivity (Wildman–Crippen MR) is 190 cm³/mol. The number of likely N-dealkylation sites (N-methyl/N-ethyl adjacent to an activating group) is 2. The molecule has 3 aliphatic heterocycles. The van der Waals surface area contributed by atoms with Crippen LogP contribution in [0.2, 0.25) is 0 Å². The van der Waals surface area contributed by atoms with Gasteiger partial charge in [0.05, 0.1) is 6.54 Å². The third kappa shape index (κ3) is 11.0. The maximum atomic E-state index is 14.3. The first kappa shape index (κ1) is 43.4. The number of amides is 1. The molecule has 9 atom stereocenters. The minimum atomic E-state index is -1.41. The number of hydrogen-bond acceptors (Lipinski definition) is 12. The number of carbonyl (C=O) groups excluding carboxylic acids is 3. The molecule has 5 N–H and O–H groups in total. The van der Waals surface area contributed by atoms with Crippen LogP contribution in [-0.2, 0) is 28.6 Å². The standard InChI is InChI=1S/C36H68IN6O7/c1-22(2)18-39-19-29(44)43-14-12-25(13-15-43)28-21-49-34(47)35(5,6)32(46)24(4)31(36(7,48-11)17-26(38)20-42(28)10)40-37-33-30(45)27(41(8)9)16-23(3)50-33/h22-28,30-31,33,39-40,45H,12-21,38H2,1-11H3/q-1/t23-,24?,26?,27+,28+,30+,31?,33-,36-/m1/s1. The summed E-state index contributed by atoms with van der Waals surface area (Å²) in [6.07, 6.45) is 2.05. The Kier molecular flexibility index (Phi) is 16.4. The first-order valence-electron chi connectivity index (χ1n) is 18.4. The zero-order valence-electron chi connectivity index (χ0n) is 32.5. The summed E-state index contributed by atoms with van der Waals surface area (Å²) in [5.74, 6) is -0.671. The Morgan fingerprint density at radius 1 is 1.18 bits per heavy atom. The fourth-order valence-electron chi connectivity index (χ4n) is 7.81. The molecule has 0 spiro atoms. The van der Waals surface area contributed by atoms with Gasteiger partial charge in [0.2, 0.25) is 5.91 Å². The number of nitrogens with zero attached hydrogens (tertiary/aromatic N) is 3. The van der Waals surface area contributed by atoms with Gasteiger partial charge in [0, 0.05) is 0 Å². The molecule has 3 aliphatic rings. The summed E-state index contributed by atoms with van der Waals surface area (Å²) in [4.78, 5) is 47.0. The van der Waals surface area contributed by atoms with Crippen LogP contribution in [0.5, 0.6) is 0 Å². The SMILES string of the molecule is CO[C@]1(C)CC(N)CN(C)[C@H](C2CCN(C(=O)CNCC(C)C)CC2)COC(=O)C(C)(C)C(=O)C(C)C1N[I-][C@@H]1O[C@H](C)C[C@H](N(C)C)[C@@H]1O. The molecule has 0 aliphatic carbocycles. The van der Waals surface area contributed by atoms with Crippen molar-refractivity contribution in [2.75, 3.05) is 67.6 Å². The Morgan fingerprint density at radius 2 is 1.82 bits per heavy atom. The van der Waals surface area contributed by atoms with E-state index < -0.39 is 60.6 Å². The van der Waals surface area contributed by atoms with E-state index in [1.165, 1.54) is 0 Å². The zero-order chi connectivity index (χ0) is 37.6. The Labute approximate surface area is 312 Å². The Hall–Kier alpha value is -0.980. The summed E-state index contributed by atoms with van der Waals surface area (Å²) >= 11 is -0.988. The molecule has 0 radical (unpaired) electrons. The number of hydrogen-bond donors (Lipinski definition) is 4. The number of nitrogens with one attached hydrogen (secondary N) is 2. The molecule has 0 aromatic rings. The van der Waals surface area contributed by atoms with E-state index in [-0.39, 0.29) is 48.4 Å². The van der Waals surface area contributed by atoms with E-state index in [2.05, 4.69) is 27.6 Å². The van der Waals surface area contributed by atoms with Gasteiger partial charge in [0.25, 0.3) is 0 Å². The van der Waals surface area contributed by atoms with Crippen LogP contribution in [-0.4, -0.2) is 151 Å². The monoisotopic (exact) mass is 823 g/mol. The maximum absolute atomic E-state index is 14.3. The Bertz CT molecular complexity index is 1120. The van der Waals surface area contributed by atoms with Crippen molar-refractivity contribution in [2.45, 2.75) is 120 Å². The van der Waals surface area contributed by atoms with Gasteiger partial charge in [-0.25, -0.2) is 0 Å². The fraction of sp³-hybridized carbons (Fsp3) is 0.917. The van der Waals surface area contributed by atoms with E-state index in [0.717, 1.165) is 25.8 Å². The molecule has 0 bridgehead atoms. The number of alkyl halides is 1. The van der Waals surface area contributed by atoms with E-state index in [1.54, 1.807) is 21.0 Å². The number of halogens is 1. The van der Waals surface area contributed by atoms with Crippen LogP contribution in [0.25, 0.3) is 0 Å². The molecule has 3 rings (SSSR count). The van der Waals surface area contributed by atoms with Crippen LogP contribution >= 0.6 is 0 Å². The number of likely N-dealkylation sites (tertiary alicyclic amines) is 1. The molecule has 50 heavy (non-hydrogen) atoms. The van der Waals surface area contributed by atoms with E-state index >= 15 is 0 Å². The molecule has 3 saturated heterocycles. The summed E-state index contributed by atoms with van der Waals surface area (Å²) in [7, 11) is 7.59. The quantitative estimate of drug-likeness (QED) is 0.0638. The summed E-state index contributed by atoms with van der Waals surface area (Å²) < 4.78 is 21.8. The first-order valence-corrected chi connectivity index (χ1v) is 20.7. The molecule has 14 heteroatoms. The number of cyclic esters (lactones) is 1. The number of aliphatic hydroxyl groups is 1. The summed E-state index contributed by atoms with van der Waals surface area (Å²) in [5, 5.41) is 14.5. The summed E-state index contributed by atoms with van der Waals surface area (Å²) in [6, 6.07) is -0.987. The zero-order valence-corrected chi connectivity index (χ0v) is 34.7. The van der Waals surface area contributed by atoms with Crippen molar-refractivity contribution in [2.24, 2.45) is 28.9 Å². The molecule has 0 aromatic carbocycles. The average molecular weight is 824 g/mol. The van der Waals surface area contributed by atoms with E-state index in [0.29, 0.717) is 38.5 Å². The molecule has 3 unspecified atom stereocenters. The second kappa shape index (κ2) is 18.9. The molecule has 0 saturated carbocycles. The molecule has 0 aromatic heterocycles. The van der Waals surface area contributed by atoms with Crippen LogP contribution in [0.4, 0.5) is 0 Å². The van der Waals surface area contributed by atoms with Gasteiger partial charge in [-0.2, -0.15) is 0 Å². The number of piperidine rings is 1. The van der Waals surface area contributed by atoms with Gasteiger partial charge in [0.15, 0.2) is 0 Å². The third-order valence-corrected chi connectivity index (χ3v) is 13.8. The number of aliphatic hydroxyl groups excluding tert-OH is 1. The van der Waals surface area contributed by atoms with Gasteiger partial charge in [-0.05, 0) is 12.5 Å². The van der Waals surface area contributed by atoms with Crippen molar-refractivity contribution >= 4 is 17.7 Å². The van der Waals surface area contributed by atoms with Crippen molar-refractivity contribution in [3.05, 3.63) is 0 Å². The number of rotatable bonds is 10. The van der Waals surface area contributed by atoms with Crippen LogP contribution in [0.3, 0.4) is 0 Å². The van der Waals surface area contributed by atoms with Crippen LogP contribution in [0.15, 0.2) is 0 Å². The second-order valence-corrected chi connectivity index (χ2v) is 18.8. The Morgan fingerprint density at radius 3 is 2.40 bits per heavy atom. The molecule has 1 amide bonds. The predicted octanol–water partition coefficient (Wildman–Crippen LogP) is -1.93. The number of ketones is 1. The van der Waals surface area contributed by atoms with E-state index in [9.17, 15) is 19.5 Å². The third-order valence-electron chi connectivity index (χ3n) is 11.1. The van der Waals surface area contributed by atoms with Crippen molar-refractivity contribution in [1.82, 2.24) is 23.5 Å². The van der Waals surface area contributed by atoms with Crippen molar-refractivity contribution in [3.63, 3.8) is 0 Å². The molecule has 3 fully saturated rings. The van der Waals surface area contributed by atoms with Gasteiger partial charge in [-0.15, -0.1) is 0 Å². The normalized spacial score (nSPS) is 35.9. The van der Waals surface area contributed by atoms with Crippen molar-refractivity contribution < 1.29 is 55.2 Å². The minimum absolute atomic E-state index is 0.0183. The summed E-state index contributed by atoms with van der Waals surface area (Å²) in [5.41, 5.74) is 4.63. The van der Waals surface area contributed by atoms with Crippen LogP contribution < -0.4 is 36.1 Å². The van der Waals surface area contributed by atoms with Gasteiger partial charge in [0.1, 0.15) is 0 Å². The van der Waals surface area contributed by atoms with E-state index in [1.807, 2.05) is 51.7 Å². The summed E-state index contributed by atoms with van der Waals surface area (Å²) in [6.45, 7) is 16.4. The van der Waals surface area contributed by atoms with Crippen molar-refractivity contribution in [1.29, 1.82) is 0 Å². The number of carbonyl (C=O) groups is 3. The second-order valence-electron chi connectivity index (χ2n) is 16.4. The van der Waals surface area contributed by atoms with Crippen LogP contribution in [0, 0.1) is 23.2 Å². The number of Topliss-reactive ketones (excluding diaryl/α,β-unsaturated/α-hetero) is 1. The average Bonchev–Trinajstić information content (AvgIpc) is 3.05. The topological polar surface area (TPSA) is 159 Å². The first-order chi connectivity index (χ1) is 23.3. The van der Waals surface area contributed by atoms with E-state index in [4.69, 9.17) is 19.9 Å². The Balaban J connectivity index is 1.83. The number of methoxy groups -OCH3 is 1.